The number of esters is 2. The number of methoxy groups -OCH3 is 3. The molecule has 10 heteroatoms. The third kappa shape index (κ3) is 4.04. The van der Waals surface area contributed by atoms with Gasteiger partial charge in [0.1, 0.15) is 11.0 Å². The summed E-state index contributed by atoms with van der Waals surface area (Å²) in [6.45, 7) is 0.191. The third-order valence-corrected chi connectivity index (χ3v) is 9.12. The molecule has 41 heavy (non-hydrogen) atoms. The standard InChI is InChI=1S/C31H26O9S/c1-34-22-8-16(9-23(35-2)29(22)36-3)26-17-11-20-21(39-14-38-20)12-18(17)28(19-13-37-31(33)27(19)26)40-30(32)25-10-15-6-4-5-7-24(15)41-25/h4-12,19,26-28H,13-14H2,1-3H3/t19-,26+,27-,28-/m0/s1. The smallest absolute Gasteiger partial charge is 0.348 e. The van der Waals surface area contributed by atoms with Crippen LogP contribution in [0.5, 0.6) is 28.7 Å². The Kier molecular flexibility index (Phi) is 6.15. The molecule has 0 amide bonds. The largest absolute Gasteiger partial charge is 0.493 e. The van der Waals surface area contributed by atoms with E-state index in [2.05, 4.69) is 0 Å². The van der Waals surface area contributed by atoms with E-state index >= 15 is 0 Å². The van der Waals surface area contributed by atoms with Crippen LogP contribution in [0.25, 0.3) is 10.1 Å². The van der Waals surface area contributed by atoms with Gasteiger partial charge in [-0.05, 0) is 52.9 Å². The van der Waals surface area contributed by atoms with Crippen LogP contribution in [0.3, 0.4) is 0 Å². The van der Waals surface area contributed by atoms with Crippen LogP contribution in [-0.4, -0.2) is 46.7 Å². The maximum absolute atomic E-state index is 13.5. The number of rotatable bonds is 6. The van der Waals surface area contributed by atoms with Crippen molar-refractivity contribution >= 4 is 33.4 Å². The quantitative estimate of drug-likeness (QED) is 0.277. The van der Waals surface area contributed by atoms with Crippen LogP contribution in [-0.2, 0) is 14.3 Å². The number of fused-ring (bicyclic) bond motifs is 4. The Bertz CT molecular complexity index is 1630. The van der Waals surface area contributed by atoms with Crippen molar-refractivity contribution in [1.29, 1.82) is 0 Å². The molecule has 0 saturated carbocycles. The molecule has 1 aromatic heterocycles. The Morgan fingerprint density at radius 1 is 0.878 bits per heavy atom. The summed E-state index contributed by atoms with van der Waals surface area (Å²) < 4.78 is 41.1. The number of ether oxygens (including phenoxy) is 7. The maximum atomic E-state index is 13.5. The maximum Gasteiger partial charge on any atom is 0.348 e. The van der Waals surface area contributed by atoms with Crippen LogP contribution in [0, 0.1) is 11.8 Å². The number of hydrogen-bond acceptors (Lipinski definition) is 10. The fraction of sp³-hybridized carbons (Fsp3) is 0.290. The molecule has 0 spiro atoms. The van der Waals surface area contributed by atoms with Crippen LogP contribution >= 0.6 is 11.3 Å². The molecule has 0 N–H and O–H groups in total. The second-order valence-electron chi connectivity index (χ2n) is 10.1. The highest BCUT2D eigenvalue weighted by atomic mass is 32.1. The molecule has 4 atom stereocenters. The number of benzene rings is 3. The van der Waals surface area contributed by atoms with E-state index in [1.54, 1.807) is 14.2 Å². The minimum Gasteiger partial charge on any atom is -0.493 e. The first kappa shape index (κ1) is 25.5. The van der Waals surface area contributed by atoms with Gasteiger partial charge in [-0.25, -0.2) is 4.79 Å². The van der Waals surface area contributed by atoms with E-state index in [0.29, 0.717) is 33.6 Å². The predicted molar refractivity (Wildman–Crippen MR) is 148 cm³/mol. The summed E-state index contributed by atoms with van der Waals surface area (Å²) in [5.41, 5.74) is 2.28. The van der Waals surface area contributed by atoms with Crippen molar-refractivity contribution in [2.45, 2.75) is 12.0 Å². The zero-order valence-corrected chi connectivity index (χ0v) is 23.3. The lowest BCUT2D eigenvalue weighted by Gasteiger charge is -2.38. The highest BCUT2D eigenvalue weighted by molar-refractivity contribution is 7.20. The Morgan fingerprint density at radius 2 is 1.59 bits per heavy atom. The molecule has 1 fully saturated rings. The highest BCUT2D eigenvalue weighted by Gasteiger charge is 2.54. The molecule has 3 heterocycles. The second-order valence-corrected chi connectivity index (χ2v) is 11.1. The van der Waals surface area contributed by atoms with E-state index in [-0.39, 0.29) is 19.4 Å². The van der Waals surface area contributed by atoms with Gasteiger partial charge in [0.25, 0.3) is 0 Å². The van der Waals surface area contributed by atoms with E-state index in [4.69, 9.17) is 33.2 Å². The van der Waals surface area contributed by atoms with E-state index in [1.807, 2.05) is 54.6 Å². The summed E-state index contributed by atoms with van der Waals surface area (Å²) in [5, 5.41) is 0.969. The lowest BCUT2D eigenvalue weighted by atomic mass is 9.66. The van der Waals surface area contributed by atoms with Crippen molar-refractivity contribution in [3.8, 4) is 28.7 Å². The summed E-state index contributed by atoms with van der Waals surface area (Å²) in [7, 11) is 4.63. The molecule has 1 aliphatic carbocycles. The van der Waals surface area contributed by atoms with E-state index in [1.165, 1.54) is 18.4 Å². The van der Waals surface area contributed by atoms with Crippen molar-refractivity contribution in [2.24, 2.45) is 11.8 Å². The molecule has 210 valence electrons. The highest BCUT2D eigenvalue weighted by Crippen LogP contribution is 2.56. The van der Waals surface area contributed by atoms with Gasteiger partial charge in [0, 0.05) is 22.1 Å². The number of hydrogen-bond donors (Lipinski definition) is 0. The molecule has 4 aromatic rings. The summed E-state index contributed by atoms with van der Waals surface area (Å²) in [4.78, 5) is 27.4. The lowest BCUT2D eigenvalue weighted by Crippen LogP contribution is -2.36. The molecule has 0 bridgehead atoms. The van der Waals surface area contributed by atoms with Crippen molar-refractivity contribution in [3.63, 3.8) is 0 Å². The van der Waals surface area contributed by atoms with Crippen molar-refractivity contribution in [1.82, 2.24) is 0 Å². The zero-order valence-electron chi connectivity index (χ0n) is 22.5. The van der Waals surface area contributed by atoms with E-state index < -0.39 is 29.8 Å². The van der Waals surface area contributed by atoms with Crippen LogP contribution < -0.4 is 23.7 Å². The van der Waals surface area contributed by atoms with Gasteiger partial charge in [0.2, 0.25) is 12.5 Å². The normalized spacial score (nSPS) is 22.1. The molecule has 0 radical (unpaired) electrons. The molecule has 2 aliphatic heterocycles. The number of thiophene rings is 1. The Balaban J connectivity index is 1.37. The van der Waals surface area contributed by atoms with Gasteiger partial charge in [-0.15, -0.1) is 11.3 Å². The molecule has 0 unspecified atom stereocenters. The minimum absolute atomic E-state index is 0.0776. The molecule has 1 saturated heterocycles. The fourth-order valence-corrected chi connectivity index (χ4v) is 7.15. The third-order valence-electron chi connectivity index (χ3n) is 8.03. The summed E-state index contributed by atoms with van der Waals surface area (Å²) >= 11 is 1.37. The van der Waals surface area contributed by atoms with E-state index in [9.17, 15) is 9.59 Å². The van der Waals surface area contributed by atoms with Crippen molar-refractivity contribution in [3.05, 3.63) is 76.2 Å². The average Bonchev–Trinajstić information content (AvgIpc) is 3.73. The topological polar surface area (TPSA) is 98.8 Å². The molecule has 9 nitrogen and oxygen atoms in total. The summed E-state index contributed by atoms with van der Waals surface area (Å²) in [6.07, 6.45) is -0.744. The van der Waals surface area contributed by atoms with Gasteiger partial charge in [-0.2, -0.15) is 0 Å². The van der Waals surface area contributed by atoms with Crippen LogP contribution in [0.1, 0.15) is 38.4 Å². The van der Waals surface area contributed by atoms with Gasteiger partial charge in [-0.3, -0.25) is 4.79 Å². The summed E-state index contributed by atoms with van der Waals surface area (Å²) in [5.74, 6) is 0.136. The van der Waals surface area contributed by atoms with Crippen LogP contribution in [0.2, 0.25) is 0 Å². The van der Waals surface area contributed by atoms with Gasteiger partial charge < -0.3 is 33.2 Å². The lowest BCUT2D eigenvalue weighted by molar-refractivity contribution is -0.141. The van der Waals surface area contributed by atoms with Crippen LogP contribution in [0.15, 0.2) is 54.6 Å². The Labute approximate surface area is 239 Å². The monoisotopic (exact) mass is 574 g/mol. The van der Waals surface area contributed by atoms with Crippen LogP contribution in [0.4, 0.5) is 0 Å². The molecular formula is C31H26O9S. The Hall–Kier alpha value is -4.44. The molecule has 3 aromatic carbocycles. The molecule has 7 rings (SSSR count). The first-order valence-electron chi connectivity index (χ1n) is 13.1. The fourth-order valence-electron chi connectivity index (χ4n) is 6.20. The second kappa shape index (κ2) is 9.88. The van der Waals surface area contributed by atoms with Gasteiger partial charge in [0.15, 0.2) is 23.0 Å². The van der Waals surface area contributed by atoms with E-state index in [0.717, 1.165) is 26.8 Å². The number of cyclic esters (lactones) is 1. The van der Waals surface area contributed by atoms with Crippen molar-refractivity contribution < 1.29 is 42.7 Å². The van der Waals surface area contributed by atoms with Crippen molar-refractivity contribution in [2.75, 3.05) is 34.7 Å². The van der Waals surface area contributed by atoms with Gasteiger partial charge >= 0.3 is 11.9 Å². The molecule has 3 aliphatic rings. The summed E-state index contributed by atoms with van der Waals surface area (Å²) in [6, 6.07) is 17.0. The first-order chi connectivity index (χ1) is 20.0. The van der Waals surface area contributed by atoms with Gasteiger partial charge in [0.05, 0.1) is 33.9 Å². The molecular weight excluding hydrogens is 548 g/mol. The predicted octanol–water partition coefficient (Wildman–Crippen LogP) is 5.49. The minimum atomic E-state index is -0.744. The first-order valence-corrected chi connectivity index (χ1v) is 13.9. The average molecular weight is 575 g/mol. The van der Waals surface area contributed by atoms with Gasteiger partial charge in [-0.1, -0.05) is 18.2 Å². The number of carbonyl (C=O) groups is 2. The zero-order chi connectivity index (χ0) is 28.2. The SMILES string of the molecule is COc1cc([C@@H]2c3cc4c(cc3[C@H](OC(=O)c3cc5ccccc5s3)[C@H]3COC(=O)[C@H]23)OCO4)cc(OC)c1OC. The Morgan fingerprint density at radius 3 is 2.27 bits per heavy atom. The number of carbonyl (C=O) groups excluding carboxylic acids is 2.